The standard InChI is InChI=1S/C23H24Cl3N3O/c1-15-21(23(30)28-12-4-2-3-5-13-28)27-29(20-11-10-18(25)14-19(20)26)22(15)16-6-8-17(24)9-7-16/h6-11,14-15,22H,2-5,12-13H2,1H3/t15-,22+/m0/s1. The maximum absolute atomic E-state index is 13.4. The van der Waals surface area contributed by atoms with E-state index < -0.39 is 0 Å². The van der Waals surface area contributed by atoms with Crippen molar-refractivity contribution in [3.8, 4) is 0 Å². The maximum atomic E-state index is 13.4. The van der Waals surface area contributed by atoms with Crippen molar-refractivity contribution in [1.82, 2.24) is 4.90 Å². The summed E-state index contributed by atoms with van der Waals surface area (Å²) in [5.74, 6) is -0.0791. The number of anilines is 1. The number of hydrogen-bond acceptors (Lipinski definition) is 3. The monoisotopic (exact) mass is 463 g/mol. The molecule has 2 aromatic carbocycles. The molecule has 0 unspecified atom stereocenters. The topological polar surface area (TPSA) is 35.9 Å². The molecule has 1 saturated heterocycles. The molecule has 1 fully saturated rings. The SMILES string of the molecule is C[C@H]1C(C(=O)N2CCCCCC2)=NN(c2ccc(Cl)cc2Cl)[C@H]1c1ccc(Cl)cc1. The Labute approximate surface area is 192 Å². The third kappa shape index (κ3) is 4.32. The number of hydrazone groups is 1. The second-order valence-corrected chi connectivity index (χ2v) is 9.20. The fraction of sp³-hybridized carbons (Fsp3) is 0.391. The largest absolute Gasteiger partial charge is 0.338 e. The van der Waals surface area contributed by atoms with Gasteiger partial charge in [0.2, 0.25) is 0 Å². The van der Waals surface area contributed by atoms with E-state index in [0.717, 1.165) is 37.2 Å². The Kier molecular flexibility index (Phi) is 6.57. The lowest BCUT2D eigenvalue weighted by Crippen LogP contribution is -2.39. The molecule has 7 heteroatoms. The van der Waals surface area contributed by atoms with Crippen LogP contribution in [0.2, 0.25) is 15.1 Å². The number of carbonyl (C=O) groups is 1. The summed E-state index contributed by atoms with van der Waals surface area (Å²) in [5.41, 5.74) is 2.33. The smallest absolute Gasteiger partial charge is 0.270 e. The molecule has 0 aliphatic carbocycles. The molecule has 158 valence electrons. The average molecular weight is 465 g/mol. The van der Waals surface area contributed by atoms with E-state index in [9.17, 15) is 4.79 Å². The van der Waals surface area contributed by atoms with Crippen LogP contribution < -0.4 is 5.01 Å². The van der Waals surface area contributed by atoms with Gasteiger partial charge in [-0.1, -0.05) is 66.7 Å². The summed E-state index contributed by atoms with van der Waals surface area (Å²) in [7, 11) is 0. The first-order chi connectivity index (χ1) is 14.5. The van der Waals surface area contributed by atoms with Gasteiger partial charge >= 0.3 is 0 Å². The van der Waals surface area contributed by atoms with Crippen LogP contribution in [0.3, 0.4) is 0 Å². The molecule has 2 aliphatic heterocycles. The van der Waals surface area contributed by atoms with Crippen molar-refractivity contribution >= 4 is 52.1 Å². The van der Waals surface area contributed by atoms with Gasteiger partial charge in [0.25, 0.3) is 5.91 Å². The Morgan fingerprint density at radius 3 is 2.20 bits per heavy atom. The van der Waals surface area contributed by atoms with E-state index in [0.29, 0.717) is 20.8 Å². The van der Waals surface area contributed by atoms with E-state index in [-0.39, 0.29) is 17.9 Å². The number of benzene rings is 2. The lowest BCUT2D eigenvalue weighted by molar-refractivity contribution is -0.124. The number of nitrogens with zero attached hydrogens (tertiary/aromatic N) is 3. The van der Waals surface area contributed by atoms with E-state index >= 15 is 0 Å². The van der Waals surface area contributed by atoms with Crippen molar-refractivity contribution in [3.05, 3.63) is 63.1 Å². The van der Waals surface area contributed by atoms with Crippen molar-refractivity contribution in [2.45, 2.75) is 38.6 Å². The van der Waals surface area contributed by atoms with Crippen molar-refractivity contribution < 1.29 is 4.79 Å². The van der Waals surface area contributed by atoms with Crippen LogP contribution in [0.1, 0.15) is 44.2 Å². The van der Waals surface area contributed by atoms with Crippen molar-refractivity contribution in [3.63, 3.8) is 0 Å². The third-order valence-corrected chi connectivity index (χ3v) is 6.65. The Balaban J connectivity index is 1.73. The number of likely N-dealkylation sites (tertiary alicyclic amines) is 1. The van der Waals surface area contributed by atoms with Gasteiger partial charge in [-0.2, -0.15) is 5.10 Å². The minimum atomic E-state index is -0.160. The van der Waals surface area contributed by atoms with Gasteiger partial charge in [0.1, 0.15) is 5.71 Å². The molecule has 0 N–H and O–H groups in total. The van der Waals surface area contributed by atoms with Crippen LogP contribution in [0.5, 0.6) is 0 Å². The van der Waals surface area contributed by atoms with Crippen LogP contribution in [-0.4, -0.2) is 29.6 Å². The fourth-order valence-corrected chi connectivity index (χ4v) is 4.89. The zero-order valence-electron chi connectivity index (χ0n) is 16.8. The molecular weight excluding hydrogens is 441 g/mol. The third-order valence-electron chi connectivity index (χ3n) is 5.86. The minimum absolute atomic E-state index is 0.0240. The van der Waals surface area contributed by atoms with Gasteiger partial charge in [-0.15, -0.1) is 0 Å². The summed E-state index contributed by atoms with van der Waals surface area (Å²) in [6.07, 6.45) is 4.43. The molecule has 2 atom stereocenters. The highest BCUT2D eigenvalue weighted by atomic mass is 35.5. The summed E-state index contributed by atoms with van der Waals surface area (Å²) in [5, 5.41) is 8.40. The Morgan fingerprint density at radius 1 is 0.933 bits per heavy atom. The van der Waals surface area contributed by atoms with E-state index in [2.05, 4.69) is 6.92 Å². The van der Waals surface area contributed by atoms with Gasteiger partial charge in [0.05, 0.1) is 16.8 Å². The van der Waals surface area contributed by atoms with Crippen LogP contribution in [0, 0.1) is 5.92 Å². The number of amides is 1. The first-order valence-corrected chi connectivity index (χ1v) is 11.5. The molecule has 0 aromatic heterocycles. The molecule has 2 aliphatic rings. The van der Waals surface area contributed by atoms with Gasteiger partial charge in [-0.05, 0) is 48.7 Å². The highest BCUT2D eigenvalue weighted by molar-refractivity contribution is 6.41. The summed E-state index contributed by atoms with van der Waals surface area (Å²) in [6.45, 7) is 3.63. The van der Waals surface area contributed by atoms with Crippen LogP contribution in [0.25, 0.3) is 0 Å². The Bertz CT molecular complexity index is 953. The van der Waals surface area contributed by atoms with Crippen LogP contribution in [-0.2, 0) is 4.79 Å². The molecule has 2 aromatic rings. The molecule has 0 saturated carbocycles. The van der Waals surface area contributed by atoms with Gasteiger partial charge in [0, 0.05) is 29.1 Å². The molecule has 0 spiro atoms. The highest BCUT2D eigenvalue weighted by Crippen LogP contribution is 2.42. The Morgan fingerprint density at radius 2 is 1.57 bits per heavy atom. The van der Waals surface area contributed by atoms with Crippen LogP contribution in [0.15, 0.2) is 47.6 Å². The van der Waals surface area contributed by atoms with Crippen molar-refractivity contribution in [2.24, 2.45) is 11.0 Å². The van der Waals surface area contributed by atoms with E-state index in [4.69, 9.17) is 39.9 Å². The van der Waals surface area contributed by atoms with Gasteiger partial charge < -0.3 is 4.90 Å². The van der Waals surface area contributed by atoms with Crippen molar-refractivity contribution in [2.75, 3.05) is 18.1 Å². The molecule has 0 bridgehead atoms. The van der Waals surface area contributed by atoms with Crippen molar-refractivity contribution in [1.29, 1.82) is 0 Å². The second kappa shape index (κ2) is 9.17. The number of hydrogen-bond donors (Lipinski definition) is 0. The molecular formula is C23H24Cl3N3O. The predicted octanol–water partition coefficient (Wildman–Crippen LogP) is 6.60. The molecule has 0 radical (unpaired) electrons. The Hall–Kier alpha value is -1.75. The van der Waals surface area contributed by atoms with Gasteiger partial charge in [0.15, 0.2) is 0 Å². The van der Waals surface area contributed by atoms with Crippen LogP contribution in [0.4, 0.5) is 5.69 Å². The molecule has 4 rings (SSSR count). The summed E-state index contributed by atoms with van der Waals surface area (Å²) in [4.78, 5) is 15.4. The fourth-order valence-electron chi connectivity index (χ4n) is 4.26. The minimum Gasteiger partial charge on any atom is -0.338 e. The normalized spacial score (nSPS) is 22.1. The van der Waals surface area contributed by atoms with Gasteiger partial charge in [-0.3, -0.25) is 9.80 Å². The molecule has 2 heterocycles. The van der Waals surface area contributed by atoms with E-state index in [1.165, 1.54) is 12.8 Å². The summed E-state index contributed by atoms with van der Waals surface area (Å²) >= 11 is 18.7. The second-order valence-electron chi connectivity index (χ2n) is 7.92. The first-order valence-electron chi connectivity index (χ1n) is 10.3. The number of rotatable bonds is 3. The van der Waals surface area contributed by atoms with E-state index in [1.54, 1.807) is 12.1 Å². The van der Waals surface area contributed by atoms with Gasteiger partial charge in [-0.25, -0.2) is 0 Å². The predicted molar refractivity (Wildman–Crippen MR) is 125 cm³/mol. The summed E-state index contributed by atoms with van der Waals surface area (Å²) < 4.78 is 0. The molecule has 30 heavy (non-hydrogen) atoms. The first kappa shape index (κ1) is 21.5. The average Bonchev–Trinajstić information content (AvgIpc) is 2.90. The zero-order chi connectivity index (χ0) is 21.3. The molecule has 1 amide bonds. The highest BCUT2D eigenvalue weighted by Gasteiger charge is 2.41. The van der Waals surface area contributed by atoms with Crippen LogP contribution >= 0.6 is 34.8 Å². The lowest BCUT2D eigenvalue weighted by atomic mass is 9.90. The van der Waals surface area contributed by atoms with E-state index in [1.807, 2.05) is 40.2 Å². The molecule has 4 nitrogen and oxygen atoms in total. The lowest BCUT2D eigenvalue weighted by Gasteiger charge is -2.28. The number of carbonyl (C=O) groups excluding carboxylic acids is 1. The maximum Gasteiger partial charge on any atom is 0.270 e. The quantitative estimate of drug-likeness (QED) is 0.513. The number of halogens is 3. The zero-order valence-corrected chi connectivity index (χ0v) is 19.1. The summed E-state index contributed by atoms with van der Waals surface area (Å²) in [6, 6.07) is 12.9.